The van der Waals surface area contributed by atoms with E-state index in [1.807, 2.05) is 12.2 Å². The van der Waals surface area contributed by atoms with E-state index in [4.69, 9.17) is 0 Å². The van der Waals surface area contributed by atoms with E-state index in [9.17, 15) is 0 Å². The van der Waals surface area contributed by atoms with E-state index in [0.29, 0.717) is 0 Å². The van der Waals surface area contributed by atoms with Crippen LogP contribution in [0.4, 0.5) is 0 Å². The van der Waals surface area contributed by atoms with Gasteiger partial charge in [-0.05, 0) is 52.3 Å². The van der Waals surface area contributed by atoms with Crippen LogP contribution in [0.25, 0.3) is 0 Å². The molecule has 0 saturated carbocycles. The predicted molar refractivity (Wildman–Crippen MR) is 71.3 cm³/mol. The SMILES string of the molecule is C=C/C=C(\C=C)Cc1ccc(I)cc1. The lowest BCUT2D eigenvalue weighted by Crippen LogP contribution is -1.87. The molecule has 0 fully saturated rings. The maximum Gasteiger partial charge on any atom is 0.0130 e. The molecule has 0 N–H and O–H groups in total. The van der Waals surface area contributed by atoms with Gasteiger partial charge < -0.3 is 0 Å². The number of allylic oxidation sites excluding steroid dienone is 4. The highest BCUT2D eigenvalue weighted by Crippen LogP contribution is 2.11. The number of rotatable bonds is 4. The fourth-order valence-corrected chi connectivity index (χ4v) is 1.55. The Morgan fingerprint density at radius 2 is 1.86 bits per heavy atom. The van der Waals surface area contributed by atoms with E-state index in [-0.39, 0.29) is 0 Å². The van der Waals surface area contributed by atoms with Crippen molar-refractivity contribution < 1.29 is 0 Å². The van der Waals surface area contributed by atoms with Gasteiger partial charge in [-0.15, -0.1) is 0 Å². The zero-order valence-electron chi connectivity index (χ0n) is 8.04. The van der Waals surface area contributed by atoms with Gasteiger partial charge in [-0.1, -0.05) is 43.5 Å². The minimum Gasteiger partial charge on any atom is -0.0991 e. The van der Waals surface area contributed by atoms with E-state index in [2.05, 4.69) is 60.0 Å². The van der Waals surface area contributed by atoms with E-state index in [1.54, 1.807) is 6.08 Å². The molecule has 1 rings (SSSR count). The molecule has 72 valence electrons. The molecule has 0 aromatic heterocycles. The van der Waals surface area contributed by atoms with Gasteiger partial charge in [-0.2, -0.15) is 0 Å². The molecule has 0 atom stereocenters. The van der Waals surface area contributed by atoms with E-state index >= 15 is 0 Å². The van der Waals surface area contributed by atoms with Crippen molar-refractivity contribution in [3.63, 3.8) is 0 Å². The lowest BCUT2D eigenvalue weighted by atomic mass is 10.1. The Bertz CT molecular complexity index is 344. The first-order chi connectivity index (χ1) is 6.76. The molecule has 0 aliphatic carbocycles. The molecule has 0 radical (unpaired) electrons. The molecular formula is C13H13I. The number of hydrogen-bond donors (Lipinski definition) is 0. The van der Waals surface area contributed by atoms with Crippen LogP contribution in [0.3, 0.4) is 0 Å². The fourth-order valence-electron chi connectivity index (χ4n) is 1.19. The van der Waals surface area contributed by atoms with Crippen molar-refractivity contribution in [2.24, 2.45) is 0 Å². The van der Waals surface area contributed by atoms with Crippen molar-refractivity contribution in [1.82, 2.24) is 0 Å². The molecule has 0 unspecified atom stereocenters. The maximum absolute atomic E-state index is 3.78. The monoisotopic (exact) mass is 296 g/mol. The smallest absolute Gasteiger partial charge is 0.0130 e. The third-order valence-electron chi connectivity index (χ3n) is 1.92. The van der Waals surface area contributed by atoms with E-state index in [1.165, 1.54) is 14.7 Å². The fraction of sp³-hybridized carbons (Fsp3) is 0.0769. The van der Waals surface area contributed by atoms with Crippen molar-refractivity contribution in [2.75, 3.05) is 0 Å². The lowest BCUT2D eigenvalue weighted by Gasteiger charge is -2.01. The van der Waals surface area contributed by atoms with Gasteiger partial charge in [-0.25, -0.2) is 0 Å². The summed E-state index contributed by atoms with van der Waals surface area (Å²) in [6, 6.07) is 8.51. The summed E-state index contributed by atoms with van der Waals surface area (Å²) in [5.74, 6) is 0. The van der Waals surface area contributed by atoms with Crippen LogP contribution in [0, 0.1) is 3.57 Å². The summed E-state index contributed by atoms with van der Waals surface area (Å²) in [6.45, 7) is 7.45. The average Bonchev–Trinajstić information content (AvgIpc) is 2.20. The molecule has 1 aromatic rings. The first-order valence-electron chi connectivity index (χ1n) is 4.44. The molecule has 1 aromatic carbocycles. The van der Waals surface area contributed by atoms with Gasteiger partial charge in [0.15, 0.2) is 0 Å². The van der Waals surface area contributed by atoms with Gasteiger partial charge in [0.05, 0.1) is 0 Å². The molecule has 0 nitrogen and oxygen atoms in total. The third-order valence-corrected chi connectivity index (χ3v) is 2.63. The van der Waals surface area contributed by atoms with Crippen LogP contribution < -0.4 is 0 Å². The van der Waals surface area contributed by atoms with Crippen molar-refractivity contribution in [3.8, 4) is 0 Å². The molecule has 0 saturated heterocycles. The first kappa shape index (κ1) is 11.2. The van der Waals surface area contributed by atoms with Gasteiger partial charge in [0.25, 0.3) is 0 Å². The quantitative estimate of drug-likeness (QED) is 0.579. The summed E-state index contributed by atoms with van der Waals surface area (Å²) in [5.41, 5.74) is 2.50. The highest BCUT2D eigenvalue weighted by Gasteiger charge is 1.95. The standard InChI is InChI=1S/C13H13I/c1-3-5-11(4-2)10-12-6-8-13(14)9-7-12/h3-9H,1-2,10H2/b11-5+. The summed E-state index contributed by atoms with van der Waals surface area (Å²) in [5, 5.41) is 0. The number of benzene rings is 1. The van der Waals surface area contributed by atoms with Gasteiger partial charge in [0, 0.05) is 3.57 Å². The second-order valence-corrected chi connectivity index (χ2v) is 4.23. The van der Waals surface area contributed by atoms with Gasteiger partial charge >= 0.3 is 0 Å². The van der Waals surface area contributed by atoms with Crippen LogP contribution in [-0.2, 0) is 6.42 Å². The zero-order chi connectivity index (χ0) is 10.4. The van der Waals surface area contributed by atoms with Crippen LogP contribution >= 0.6 is 22.6 Å². The second kappa shape index (κ2) is 5.81. The highest BCUT2D eigenvalue weighted by molar-refractivity contribution is 14.1. The minimum absolute atomic E-state index is 0.923. The van der Waals surface area contributed by atoms with Gasteiger partial charge in [0.2, 0.25) is 0 Å². The highest BCUT2D eigenvalue weighted by atomic mass is 127. The molecule has 14 heavy (non-hydrogen) atoms. The Labute approximate surface area is 99.2 Å². The Balaban J connectivity index is 2.77. The Hall–Kier alpha value is -0.830. The van der Waals surface area contributed by atoms with E-state index in [0.717, 1.165) is 6.42 Å². The second-order valence-electron chi connectivity index (χ2n) is 2.98. The third kappa shape index (κ3) is 3.50. The zero-order valence-corrected chi connectivity index (χ0v) is 10.2. The van der Waals surface area contributed by atoms with Gasteiger partial charge in [-0.3, -0.25) is 0 Å². The van der Waals surface area contributed by atoms with Gasteiger partial charge in [0.1, 0.15) is 0 Å². The van der Waals surface area contributed by atoms with Crippen LogP contribution in [0.1, 0.15) is 5.56 Å². The Morgan fingerprint density at radius 3 is 2.36 bits per heavy atom. The molecule has 1 heteroatoms. The van der Waals surface area contributed by atoms with Crippen LogP contribution in [0.5, 0.6) is 0 Å². The predicted octanol–water partition coefficient (Wildman–Crippen LogP) is 4.13. The maximum atomic E-state index is 3.78. The van der Waals surface area contributed by atoms with Crippen LogP contribution in [0.15, 0.2) is 61.2 Å². The Kier molecular flexibility index (Phi) is 4.66. The molecule has 0 aliphatic rings. The van der Waals surface area contributed by atoms with Crippen molar-refractivity contribution in [2.45, 2.75) is 6.42 Å². The number of halogens is 1. The molecular weight excluding hydrogens is 283 g/mol. The van der Waals surface area contributed by atoms with Crippen molar-refractivity contribution in [3.05, 3.63) is 70.4 Å². The summed E-state index contributed by atoms with van der Waals surface area (Å²) in [6.07, 6.45) is 6.58. The summed E-state index contributed by atoms with van der Waals surface area (Å²) < 4.78 is 1.26. The summed E-state index contributed by atoms with van der Waals surface area (Å²) >= 11 is 2.31. The number of hydrogen-bond acceptors (Lipinski definition) is 0. The van der Waals surface area contributed by atoms with Crippen molar-refractivity contribution >= 4 is 22.6 Å². The topological polar surface area (TPSA) is 0 Å². The largest absolute Gasteiger partial charge is 0.0991 e. The normalized spacial score (nSPS) is 11.1. The first-order valence-corrected chi connectivity index (χ1v) is 5.52. The van der Waals surface area contributed by atoms with Crippen molar-refractivity contribution in [1.29, 1.82) is 0 Å². The molecule has 0 amide bonds. The van der Waals surface area contributed by atoms with Crippen LogP contribution in [-0.4, -0.2) is 0 Å². The minimum atomic E-state index is 0.923. The molecule has 0 heterocycles. The summed E-state index contributed by atoms with van der Waals surface area (Å²) in [7, 11) is 0. The lowest BCUT2D eigenvalue weighted by molar-refractivity contribution is 1.20. The molecule has 0 spiro atoms. The Morgan fingerprint density at radius 1 is 1.21 bits per heavy atom. The summed E-state index contributed by atoms with van der Waals surface area (Å²) in [4.78, 5) is 0. The molecule has 0 aliphatic heterocycles. The van der Waals surface area contributed by atoms with Crippen LogP contribution in [0.2, 0.25) is 0 Å². The van der Waals surface area contributed by atoms with E-state index < -0.39 is 0 Å². The average molecular weight is 296 g/mol. The molecule has 0 bridgehead atoms.